The first kappa shape index (κ1) is 15.2. The van der Waals surface area contributed by atoms with Crippen molar-refractivity contribution in [3.63, 3.8) is 0 Å². The number of thiazole rings is 1. The molecule has 2 rings (SSSR count). The van der Waals surface area contributed by atoms with Crippen LogP contribution in [-0.4, -0.2) is 17.4 Å². The van der Waals surface area contributed by atoms with Crippen LogP contribution < -0.4 is 11.1 Å². The lowest BCUT2D eigenvalue weighted by Gasteiger charge is -2.06. The molecule has 0 atom stereocenters. The Morgan fingerprint density at radius 1 is 1.38 bits per heavy atom. The second-order valence-corrected chi connectivity index (χ2v) is 5.70. The molecule has 0 radical (unpaired) electrons. The Bertz CT molecular complexity index is 710. The average molecular weight is 299 g/mol. The first-order valence-electron chi connectivity index (χ1n) is 6.61. The summed E-state index contributed by atoms with van der Waals surface area (Å²) in [5, 5.41) is 3.81. The van der Waals surface area contributed by atoms with Crippen LogP contribution in [0.1, 0.15) is 31.5 Å². The third-order valence-corrected chi connectivity index (χ3v) is 3.96. The van der Waals surface area contributed by atoms with Crippen molar-refractivity contribution in [2.75, 3.05) is 6.54 Å². The zero-order chi connectivity index (χ0) is 15.2. The molecule has 1 aromatic carbocycles. The highest BCUT2D eigenvalue weighted by molar-refractivity contribution is 7.13. The molecular formula is C16H17N3OS. The van der Waals surface area contributed by atoms with Crippen LogP contribution in [0, 0.1) is 25.7 Å². The number of nitrogens with zero attached hydrogens (tertiary/aromatic N) is 1. The smallest absolute Gasteiger partial charge is 0.263 e. The molecule has 0 bridgehead atoms. The molecule has 0 aliphatic rings. The number of aromatic nitrogens is 1. The molecule has 0 saturated carbocycles. The van der Waals surface area contributed by atoms with E-state index in [2.05, 4.69) is 22.1 Å². The van der Waals surface area contributed by atoms with E-state index in [1.54, 1.807) is 0 Å². The van der Waals surface area contributed by atoms with E-state index in [0.29, 0.717) is 18.0 Å². The van der Waals surface area contributed by atoms with Gasteiger partial charge in [-0.05, 0) is 25.5 Å². The molecule has 0 saturated heterocycles. The molecule has 0 aliphatic carbocycles. The zero-order valence-corrected chi connectivity index (χ0v) is 12.9. The van der Waals surface area contributed by atoms with Crippen LogP contribution in [0.25, 0.3) is 0 Å². The number of nitrogens with two attached hydrogens (primary N) is 1. The van der Waals surface area contributed by atoms with Crippen molar-refractivity contribution in [1.29, 1.82) is 0 Å². The Balaban J connectivity index is 2.10. The maximum atomic E-state index is 12.2. The standard InChI is InChI=1S/C16H17N3OS/c1-11-15(21-12(2)19-11)16(20)18-10-14-7-4-3-6-13(14)8-5-9-17/h3-4,6-7H,9-10,17H2,1-2H3,(H,18,20). The van der Waals surface area contributed by atoms with Crippen molar-refractivity contribution in [2.24, 2.45) is 5.73 Å². The van der Waals surface area contributed by atoms with Crippen LogP contribution in [0.4, 0.5) is 0 Å². The highest BCUT2D eigenvalue weighted by atomic mass is 32.1. The summed E-state index contributed by atoms with van der Waals surface area (Å²) in [5.41, 5.74) is 8.03. The predicted molar refractivity (Wildman–Crippen MR) is 85.1 cm³/mol. The third kappa shape index (κ3) is 3.91. The molecule has 108 valence electrons. The summed E-state index contributed by atoms with van der Waals surface area (Å²) in [5.74, 6) is 5.75. The van der Waals surface area contributed by atoms with Gasteiger partial charge in [-0.15, -0.1) is 11.3 Å². The SMILES string of the molecule is Cc1nc(C)c(C(=O)NCc2ccccc2C#CCN)s1. The topological polar surface area (TPSA) is 68.0 Å². The number of hydrogen-bond acceptors (Lipinski definition) is 4. The van der Waals surface area contributed by atoms with Crippen LogP contribution in [0.15, 0.2) is 24.3 Å². The monoisotopic (exact) mass is 299 g/mol. The van der Waals surface area contributed by atoms with E-state index in [4.69, 9.17) is 5.73 Å². The highest BCUT2D eigenvalue weighted by Crippen LogP contribution is 2.17. The number of benzene rings is 1. The van der Waals surface area contributed by atoms with E-state index >= 15 is 0 Å². The summed E-state index contributed by atoms with van der Waals surface area (Å²) in [6, 6.07) is 7.72. The van der Waals surface area contributed by atoms with Crippen molar-refractivity contribution >= 4 is 17.2 Å². The van der Waals surface area contributed by atoms with Gasteiger partial charge in [0.2, 0.25) is 0 Å². The summed E-state index contributed by atoms with van der Waals surface area (Å²) < 4.78 is 0. The molecule has 4 nitrogen and oxygen atoms in total. The van der Waals surface area contributed by atoms with Gasteiger partial charge >= 0.3 is 0 Å². The first-order chi connectivity index (χ1) is 10.1. The second kappa shape index (κ2) is 7.02. The molecule has 1 amide bonds. The van der Waals surface area contributed by atoms with Crippen LogP contribution in [-0.2, 0) is 6.54 Å². The number of amides is 1. The largest absolute Gasteiger partial charge is 0.347 e. The van der Waals surface area contributed by atoms with E-state index < -0.39 is 0 Å². The number of hydrogen-bond donors (Lipinski definition) is 2. The Morgan fingerprint density at radius 2 is 2.14 bits per heavy atom. The van der Waals surface area contributed by atoms with Crippen molar-refractivity contribution < 1.29 is 4.79 Å². The Morgan fingerprint density at radius 3 is 2.81 bits per heavy atom. The molecule has 5 heteroatoms. The van der Waals surface area contributed by atoms with Crippen molar-refractivity contribution in [1.82, 2.24) is 10.3 Å². The normalized spacial score (nSPS) is 9.86. The Labute approximate surface area is 128 Å². The quantitative estimate of drug-likeness (QED) is 0.852. The number of carbonyl (C=O) groups is 1. The van der Waals surface area contributed by atoms with Crippen molar-refractivity contribution in [2.45, 2.75) is 20.4 Å². The summed E-state index contributed by atoms with van der Waals surface area (Å²) in [4.78, 5) is 17.1. The van der Waals surface area contributed by atoms with Gasteiger partial charge in [-0.25, -0.2) is 4.98 Å². The Hall–Kier alpha value is -2.16. The molecule has 3 N–H and O–H groups in total. The molecule has 21 heavy (non-hydrogen) atoms. The third-order valence-electron chi connectivity index (χ3n) is 2.89. The van der Waals surface area contributed by atoms with Gasteiger partial charge in [-0.2, -0.15) is 0 Å². The number of nitrogens with one attached hydrogen (secondary N) is 1. The molecule has 0 unspecified atom stereocenters. The minimum absolute atomic E-state index is 0.0975. The second-order valence-electron chi connectivity index (χ2n) is 4.49. The molecule has 1 heterocycles. The predicted octanol–water partition coefficient (Wildman–Crippen LogP) is 2.00. The fourth-order valence-corrected chi connectivity index (χ4v) is 2.78. The number of carbonyl (C=O) groups excluding carboxylic acids is 1. The first-order valence-corrected chi connectivity index (χ1v) is 7.42. The van der Waals surface area contributed by atoms with Gasteiger partial charge in [0.1, 0.15) is 4.88 Å². The van der Waals surface area contributed by atoms with E-state index in [1.165, 1.54) is 11.3 Å². The van der Waals surface area contributed by atoms with E-state index in [0.717, 1.165) is 21.8 Å². The lowest BCUT2D eigenvalue weighted by molar-refractivity contribution is 0.0954. The lowest BCUT2D eigenvalue weighted by Crippen LogP contribution is -2.23. The molecule has 0 spiro atoms. The maximum Gasteiger partial charge on any atom is 0.263 e. The summed E-state index contributed by atoms with van der Waals surface area (Å²) in [6.45, 7) is 4.50. The minimum Gasteiger partial charge on any atom is -0.347 e. The summed E-state index contributed by atoms with van der Waals surface area (Å²) in [6.07, 6.45) is 0. The molecular weight excluding hydrogens is 282 g/mol. The van der Waals surface area contributed by atoms with Gasteiger partial charge in [-0.1, -0.05) is 30.0 Å². The maximum absolute atomic E-state index is 12.2. The van der Waals surface area contributed by atoms with Crippen LogP contribution in [0.3, 0.4) is 0 Å². The van der Waals surface area contributed by atoms with E-state index in [9.17, 15) is 4.79 Å². The number of rotatable bonds is 3. The summed E-state index contributed by atoms with van der Waals surface area (Å²) in [7, 11) is 0. The molecule has 0 aliphatic heterocycles. The van der Waals surface area contributed by atoms with Gasteiger partial charge < -0.3 is 11.1 Å². The fraction of sp³-hybridized carbons (Fsp3) is 0.250. The van der Waals surface area contributed by atoms with Gasteiger partial charge in [0.15, 0.2) is 0 Å². The lowest BCUT2D eigenvalue weighted by atomic mass is 10.1. The van der Waals surface area contributed by atoms with Gasteiger partial charge in [0.25, 0.3) is 5.91 Å². The highest BCUT2D eigenvalue weighted by Gasteiger charge is 2.13. The van der Waals surface area contributed by atoms with Crippen molar-refractivity contribution in [3.05, 3.63) is 51.0 Å². The van der Waals surface area contributed by atoms with E-state index in [-0.39, 0.29) is 5.91 Å². The minimum atomic E-state index is -0.0975. The van der Waals surface area contributed by atoms with Crippen LogP contribution in [0.5, 0.6) is 0 Å². The van der Waals surface area contributed by atoms with Gasteiger partial charge in [0.05, 0.1) is 17.2 Å². The molecule has 2 aromatic rings. The molecule has 0 fully saturated rings. The zero-order valence-electron chi connectivity index (χ0n) is 12.1. The van der Waals surface area contributed by atoms with Crippen LogP contribution >= 0.6 is 11.3 Å². The Kier molecular flexibility index (Phi) is 5.09. The van der Waals surface area contributed by atoms with E-state index in [1.807, 2.05) is 38.1 Å². The van der Waals surface area contributed by atoms with Crippen LogP contribution in [0.2, 0.25) is 0 Å². The van der Waals surface area contributed by atoms with Gasteiger partial charge in [-0.3, -0.25) is 4.79 Å². The molecule has 1 aromatic heterocycles. The fourth-order valence-electron chi connectivity index (χ4n) is 1.94. The summed E-state index contributed by atoms with van der Waals surface area (Å²) >= 11 is 1.41. The average Bonchev–Trinajstić information content (AvgIpc) is 2.82. The number of aryl methyl sites for hydroxylation is 2. The van der Waals surface area contributed by atoms with Gasteiger partial charge in [0, 0.05) is 12.1 Å². The van der Waals surface area contributed by atoms with Crippen molar-refractivity contribution in [3.8, 4) is 11.8 Å².